The van der Waals surface area contributed by atoms with Crippen LogP contribution in [0.25, 0.3) is 0 Å². The number of alkyl halides is 1. The third-order valence-corrected chi connectivity index (χ3v) is 2.38. The van der Waals surface area contributed by atoms with Crippen molar-refractivity contribution in [1.29, 1.82) is 0 Å². The summed E-state index contributed by atoms with van der Waals surface area (Å²) >= 11 is 0. The second kappa shape index (κ2) is 3.50. The molecule has 0 aromatic heterocycles. The first-order valence-electron chi connectivity index (χ1n) is 4.20. The van der Waals surface area contributed by atoms with Crippen LogP contribution in [0, 0.1) is 0 Å². The highest BCUT2D eigenvalue weighted by atomic mass is 19.1. The molecule has 1 aliphatic heterocycles. The molecule has 0 aromatic rings. The highest BCUT2D eigenvalue weighted by Crippen LogP contribution is 2.15. The zero-order valence-electron chi connectivity index (χ0n) is 7.47. The molecule has 11 heavy (non-hydrogen) atoms. The molecule has 2 atom stereocenters. The van der Waals surface area contributed by atoms with Crippen LogP contribution in [0.15, 0.2) is 0 Å². The summed E-state index contributed by atoms with van der Waals surface area (Å²) in [4.78, 5) is 2.16. The van der Waals surface area contributed by atoms with Gasteiger partial charge >= 0.3 is 0 Å². The smallest absolute Gasteiger partial charge is 0.129 e. The van der Waals surface area contributed by atoms with Gasteiger partial charge in [-0.1, -0.05) is 0 Å². The maximum atomic E-state index is 13.1. The molecule has 1 aliphatic rings. The summed E-state index contributed by atoms with van der Waals surface area (Å²) in [5.41, 5.74) is 0. The number of likely N-dealkylation sites (N-methyl/N-ethyl adjacent to an activating group) is 1. The molecule has 0 spiro atoms. The van der Waals surface area contributed by atoms with Crippen molar-refractivity contribution < 1.29 is 4.39 Å². The predicted octanol–water partition coefficient (Wildman–Crippen LogP) is 0.636. The average Bonchev–Trinajstić information content (AvgIpc) is 2.31. The van der Waals surface area contributed by atoms with Gasteiger partial charge in [-0.05, 0) is 20.9 Å². The van der Waals surface area contributed by atoms with Crippen LogP contribution in [0.2, 0.25) is 0 Å². The Morgan fingerprint density at radius 1 is 1.45 bits per heavy atom. The molecular formula is C8H17FN2. The van der Waals surface area contributed by atoms with Crippen molar-refractivity contribution in [1.82, 2.24) is 10.2 Å². The summed E-state index contributed by atoms with van der Waals surface area (Å²) in [6.07, 6.45) is -0.692. The van der Waals surface area contributed by atoms with E-state index in [0.29, 0.717) is 12.6 Å². The monoisotopic (exact) mass is 160 g/mol. The molecule has 1 fully saturated rings. The Labute approximate surface area is 67.8 Å². The molecule has 0 saturated carbocycles. The molecule has 0 radical (unpaired) electrons. The van der Waals surface area contributed by atoms with E-state index < -0.39 is 6.17 Å². The van der Waals surface area contributed by atoms with Gasteiger partial charge in [0.15, 0.2) is 0 Å². The van der Waals surface area contributed by atoms with E-state index in [4.69, 9.17) is 0 Å². The van der Waals surface area contributed by atoms with Crippen molar-refractivity contribution in [2.75, 3.05) is 20.1 Å². The summed E-state index contributed by atoms with van der Waals surface area (Å²) in [5, 5.41) is 2.98. The van der Waals surface area contributed by atoms with Crippen molar-refractivity contribution >= 4 is 0 Å². The van der Waals surface area contributed by atoms with Crippen LogP contribution in [0.4, 0.5) is 4.39 Å². The Hall–Kier alpha value is -0.150. The largest absolute Gasteiger partial charge is 0.313 e. The fraction of sp³-hybridized carbons (Fsp3) is 1.00. The number of hydrogen-bond donors (Lipinski definition) is 1. The minimum Gasteiger partial charge on any atom is -0.313 e. The van der Waals surface area contributed by atoms with Crippen molar-refractivity contribution in [2.45, 2.75) is 32.1 Å². The Bertz CT molecular complexity index is 127. The molecule has 1 heterocycles. The lowest BCUT2D eigenvalue weighted by Crippen LogP contribution is -2.35. The van der Waals surface area contributed by atoms with E-state index in [1.807, 2.05) is 7.05 Å². The molecule has 66 valence electrons. The summed E-state index contributed by atoms with van der Waals surface area (Å²) < 4.78 is 13.1. The van der Waals surface area contributed by atoms with Gasteiger partial charge in [0.1, 0.15) is 6.17 Å². The van der Waals surface area contributed by atoms with Crippen LogP contribution in [0.1, 0.15) is 13.8 Å². The fourth-order valence-electron chi connectivity index (χ4n) is 1.49. The molecule has 1 rings (SSSR count). The first-order chi connectivity index (χ1) is 5.15. The lowest BCUT2D eigenvalue weighted by molar-refractivity contribution is 0.245. The Balaban J connectivity index is 2.43. The van der Waals surface area contributed by atoms with Crippen molar-refractivity contribution in [2.24, 2.45) is 0 Å². The highest BCUT2D eigenvalue weighted by Gasteiger charge is 2.32. The summed E-state index contributed by atoms with van der Waals surface area (Å²) in [5.74, 6) is 0. The van der Waals surface area contributed by atoms with E-state index in [9.17, 15) is 4.39 Å². The van der Waals surface area contributed by atoms with Crippen LogP contribution in [0.5, 0.6) is 0 Å². The van der Waals surface area contributed by atoms with Gasteiger partial charge in [0.25, 0.3) is 0 Å². The molecule has 0 aromatic carbocycles. The third-order valence-electron chi connectivity index (χ3n) is 2.38. The van der Waals surface area contributed by atoms with Crippen LogP contribution in [-0.4, -0.2) is 43.3 Å². The number of halogens is 1. The normalized spacial score (nSPS) is 33.5. The van der Waals surface area contributed by atoms with Gasteiger partial charge in [0.2, 0.25) is 0 Å². The van der Waals surface area contributed by atoms with Crippen molar-refractivity contribution in [3.63, 3.8) is 0 Å². The van der Waals surface area contributed by atoms with E-state index in [1.54, 1.807) is 0 Å². The molecule has 0 aliphatic carbocycles. The first kappa shape index (κ1) is 8.94. The molecule has 0 unspecified atom stereocenters. The van der Waals surface area contributed by atoms with E-state index >= 15 is 0 Å². The highest BCUT2D eigenvalue weighted by molar-refractivity contribution is 4.89. The molecule has 1 N–H and O–H groups in total. The molecule has 3 heteroatoms. The second-order valence-electron chi connectivity index (χ2n) is 3.46. The molecule has 1 saturated heterocycles. The SMILES string of the molecule is CN[C@@H]1CN(C(C)C)C[C@H]1F. The zero-order valence-corrected chi connectivity index (χ0v) is 7.47. The molecule has 2 nitrogen and oxygen atoms in total. The molecule has 0 amide bonds. The van der Waals surface area contributed by atoms with Crippen LogP contribution in [-0.2, 0) is 0 Å². The lowest BCUT2D eigenvalue weighted by atomic mass is 10.2. The van der Waals surface area contributed by atoms with Crippen LogP contribution < -0.4 is 5.32 Å². The van der Waals surface area contributed by atoms with Gasteiger partial charge < -0.3 is 5.32 Å². The van der Waals surface area contributed by atoms with Gasteiger partial charge in [-0.25, -0.2) is 4.39 Å². The van der Waals surface area contributed by atoms with Gasteiger partial charge in [-0.2, -0.15) is 0 Å². The number of hydrogen-bond acceptors (Lipinski definition) is 2. The summed E-state index contributed by atoms with van der Waals surface area (Å²) in [6.45, 7) is 5.63. The zero-order chi connectivity index (χ0) is 8.43. The third kappa shape index (κ3) is 1.91. The number of rotatable bonds is 2. The number of nitrogens with zero attached hydrogens (tertiary/aromatic N) is 1. The van der Waals surface area contributed by atoms with Crippen LogP contribution in [0.3, 0.4) is 0 Å². The van der Waals surface area contributed by atoms with Crippen molar-refractivity contribution in [3.05, 3.63) is 0 Å². The van der Waals surface area contributed by atoms with E-state index in [2.05, 4.69) is 24.1 Å². The van der Waals surface area contributed by atoms with Crippen molar-refractivity contribution in [3.8, 4) is 0 Å². The average molecular weight is 160 g/mol. The minimum atomic E-state index is -0.692. The summed E-state index contributed by atoms with van der Waals surface area (Å²) in [7, 11) is 1.82. The minimum absolute atomic E-state index is 0.0393. The Kier molecular flexibility index (Phi) is 2.84. The molecule has 0 bridgehead atoms. The van der Waals surface area contributed by atoms with Crippen LogP contribution >= 0.6 is 0 Å². The Morgan fingerprint density at radius 3 is 2.36 bits per heavy atom. The van der Waals surface area contributed by atoms with Gasteiger partial charge in [0.05, 0.1) is 6.04 Å². The number of nitrogens with one attached hydrogen (secondary N) is 1. The summed E-state index contributed by atoms with van der Waals surface area (Å²) in [6, 6.07) is 0.504. The number of likely N-dealkylation sites (tertiary alicyclic amines) is 1. The van der Waals surface area contributed by atoms with E-state index in [0.717, 1.165) is 6.54 Å². The maximum Gasteiger partial charge on any atom is 0.129 e. The quantitative estimate of drug-likeness (QED) is 0.637. The maximum absolute atomic E-state index is 13.1. The molecular weight excluding hydrogens is 143 g/mol. The second-order valence-corrected chi connectivity index (χ2v) is 3.46. The standard InChI is InChI=1S/C8H17FN2/c1-6(2)11-4-7(9)8(5-11)10-3/h6-8,10H,4-5H2,1-3H3/t7-,8-/m1/s1. The fourth-order valence-corrected chi connectivity index (χ4v) is 1.49. The van der Waals surface area contributed by atoms with Gasteiger partial charge in [-0.15, -0.1) is 0 Å². The first-order valence-corrected chi connectivity index (χ1v) is 4.20. The topological polar surface area (TPSA) is 15.3 Å². The van der Waals surface area contributed by atoms with E-state index in [1.165, 1.54) is 0 Å². The Morgan fingerprint density at radius 2 is 2.09 bits per heavy atom. The van der Waals surface area contributed by atoms with Gasteiger partial charge in [0, 0.05) is 19.1 Å². The van der Waals surface area contributed by atoms with E-state index in [-0.39, 0.29) is 6.04 Å². The lowest BCUT2D eigenvalue weighted by Gasteiger charge is -2.19. The predicted molar refractivity (Wildman–Crippen MR) is 44.5 cm³/mol. The van der Waals surface area contributed by atoms with Gasteiger partial charge in [-0.3, -0.25) is 4.90 Å².